The minimum Gasteiger partial charge on any atom is -0.472 e. The summed E-state index contributed by atoms with van der Waals surface area (Å²) in [5, 5.41) is 17.5. The SMILES string of the molecule is OB(O)c1cc(-c2ccoc2)co1. The van der Waals surface area contributed by atoms with Crippen LogP contribution < -0.4 is 5.66 Å². The van der Waals surface area contributed by atoms with E-state index < -0.39 is 7.12 Å². The molecule has 0 atom stereocenters. The summed E-state index contributed by atoms with van der Waals surface area (Å²) in [5.74, 6) is 0. The van der Waals surface area contributed by atoms with Crippen molar-refractivity contribution in [1.29, 1.82) is 0 Å². The zero-order valence-electron chi connectivity index (χ0n) is 6.68. The lowest BCUT2D eigenvalue weighted by Crippen LogP contribution is -2.27. The van der Waals surface area contributed by atoms with E-state index in [1.165, 1.54) is 12.5 Å². The van der Waals surface area contributed by atoms with Crippen molar-refractivity contribution in [2.24, 2.45) is 0 Å². The van der Waals surface area contributed by atoms with Crippen LogP contribution in [0.15, 0.2) is 39.8 Å². The summed E-state index contributed by atoms with van der Waals surface area (Å²) in [5.41, 5.74) is 1.73. The van der Waals surface area contributed by atoms with E-state index in [2.05, 4.69) is 0 Å². The molecule has 0 unspecified atom stereocenters. The average molecular weight is 178 g/mol. The van der Waals surface area contributed by atoms with Gasteiger partial charge in [-0.3, -0.25) is 0 Å². The third-order valence-corrected chi connectivity index (χ3v) is 1.73. The third kappa shape index (κ3) is 1.51. The summed E-state index contributed by atoms with van der Waals surface area (Å²) in [7, 11) is -1.57. The average Bonchev–Trinajstić information content (AvgIpc) is 2.75. The van der Waals surface area contributed by atoms with Gasteiger partial charge in [0.05, 0.1) is 18.8 Å². The van der Waals surface area contributed by atoms with Crippen molar-refractivity contribution in [2.75, 3.05) is 0 Å². The Bertz CT molecular complexity index is 377. The van der Waals surface area contributed by atoms with Crippen LogP contribution in [-0.4, -0.2) is 17.2 Å². The van der Waals surface area contributed by atoms with E-state index in [1.54, 1.807) is 18.4 Å². The zero-order chi connectivity index (χ0) is 9.26. The van der Waals surface area contributed by atoms with Crippen LogP contribution >= 0.6 is 0 Å². The van der Waals surface area contributed by atoms with Gasteiger partial charge in [0, 0.05) is 11.1 Å². The van der Waals surface area contributed by atoms with Gasteiger partial charge in [0.2, 0.25) is 0 Å². The van der Waals surface area contributed by atoms with Gasteiger partial charge in [-0.05, 0) is 12.1 Å². The van der Waals surface area contributed by atoms with Gasteiger partial charge in [0.15, 0.2) is 0 Å². The van der Waals surface area contributed by atoms with Crippen LogP contribution in [0.1, 0.15) is 0 Å². The van der Waals surface area contributed by atoms with Crippen molar-refractivity contribution < 1.29 is 18.9 Å². The lowest BCUT2D eigenvalue weighted by Gasteiger charge is -1.88. The molecule has 2 aromatic rings. The molecule has 13 heavy (non-hydrogen) atoms. The van der Waals surface area contributed by atoms with E-state index in [0.717, 1.165) is 11.1 Å². The standard InChI is InChI=1S/C8H7BO4/c10-9(11)8-3-7(5-13-8)6-1-2-12-4-6/h1-5,10-11H. The van der Waals surface area contributed by atoms with Gasteiger partial charge < -0.3 is 18.9 Å². The third-order valence-electron chi connectivity index (χ3n) is 1.73. The van der Waals surface area contributed by atoms with Crippen molar-refractivity contribution in [3.8, 4) is 11.1 Å². The number of rotatable bonds is 2. The summed E-state index contributed by atoms with van der Waals surface area (Å²) < 4.78 is 9.78. The van der Waals surface area contributed by atoms with Gasteiger partial charge in [-0.15, -0.1) is 0 Å². The molecule has 0 spiro atoms. The second kappa shape index (κ2) is 3.12. The van der Waals surface area contributed by atoms with E-state index in [1.807, 2.05) is 0 Å². The minimum absolute atomic E-state index is 0.121. The molecule has 66 valence electrons. The fourth-order valence-electron chi connectivity index (χ4n) is 1.07. The van der Waals surface area contributed by atoms with Gasteiger partial charge >= 0.3 is 7.12 Å². The molecule has 0 aliphatic rings. The molecule has 0 fully saturated rings. The Morgan fingerprint density at radius 2 is 2.00 bits per heavy atom. The van der Waals surface area contributed by atoms with Crippen molar-refractivity contribution in [3.05, 3.63) is 30.9 Å². The van der Waals surface area contributed by atoms with Crippen LogP contribution in [0.2, 0.25) is 0 Å². The molecule has 0 aliphatic heterocycles. The molecule has 0 saturated heterocycles. The first kappa shape index (κ1) is 8.16. The van der Waals surface area contributed by atoms with Crippen molar-refractivity contribution in [3.63, 3.8) is 0 Å². The molecule has 0 saturated carbocycles. The topological polar surface area (TPSA) is 66.7 Å². The summed E-state index contributed by atoms with van der Waals surface area (Å²) in [6.45, 7) is 0. The van der Waals surface area contributed by atoms with Gasteiger partial charge in [-0.1, -0.05) is 0 Å². The second-order valence-corrected chi connectivity index (χ2v) is 2.62. The van der Waals surface area contributed by atoms with Crippen molar-refractivity contribution in [2.45, 2.75) is 0 Å². The normalized spacial score (nSPS) is 10.3. The molecule has 0 bridgehead atoms. The largest absolute Gasteiger partial charge is 0.526 e. The maximum Gasteiger partial charge on any atom is 0.526 e. The Labute approximate surface area is 74.6 Å². The lowest BCUT2D eigenvalue weighted by molar-refractivity contribution is 0.409. The van der Waals surface area contributed by atoms with Crippen LogP contribution in [0.3, 0.4) is 0 Å². The van der Waals surface area contributed by atoms with Crippen LogP contribution in [0.4, 0.5) is 0 Å². The smallest absolute Gasteiger partial charge is 0.472 e. The molecule has 0 aliphatic carbocycles. The molecule has 2 aromatic heterocycles. The number of hydrogen-bond donors (Lipinski definition) is 2. The maximum absolute atomic E-state index is 8.77. The molecule has 0 radical (unpaired) electrons. The van der Waals surface area contributed by atoms with Crippen molar-refractivity contribution in [1.82, 2.24) is 0 Å². The molecule has 4 nitrogen and oxygen atoms in total. The van der Waals surface area contributed by atoms with E-state index >= 15 is 0 Å². The molecule has 2 heterocycles. The highest BCUT2D eigenvalue weighted by Crippen LogP contribution is 2.18. The first-order valence-corrected chi connectivity index (χ1v) is 3.74. The molecule has 5 heteroatoms. The molecular weight excluding hydrogens is 171 g/mol. The second-order valence-electron chi connectivity index (χ2n) is 2.62. The van der Waals surface area contributed by atoms with Crippen LogP contribution in [0.25, 0.3) is 11.1 Å². The Morgan fingerprint density at radius 3 is 2.54 bits per heavy atom. The van der Waals surface area contributed by atoms with E-state index in [4.69, 9.17) is 18.9 Å². The molecule has 2 N–H and O–H groups in total. The number of furan rings is 2. The molecule has 0 aromatic carbocycles. The van der Waals surface area contributed by atoms with Gasteiger partial charge in [-0.2, -0.15) is 0 Å². The van der Waals surface area contributed by atoms with Crippen LogP contribution in [0, 0.1) is 0 Å². The Kier molecular flexibility index (Phi) is 1.96. The molecular formula is C8H7BO4. The Morgan fingerprint density at radius 1 is 1.15 bits per heavy atom. The van der Waals surface area contributed by atoms with E-state index in [-0.39, 0.29) is 5.66 Å². The van der Waals surface area contributed by atoms with Gasteiger partial charge in [0.1, 0.15) is 5.66 Å². The van der Waals surface area contributed by atoms with Gasteiger partial charge in [-0.25, -0.2) is 0 Å². The predicted octanol–water partition coefficient (Wildman–Crippen LogP) is 0.219. The lowest BCUT2D eigenvalue weighted by atomic mass is 9.87. The highest BCUT2D eigenvalue weighted by molar-refractivity contribution is 6.57. The number of hydrogen-bond acceptors (Lipinski definition) is 4. The predicted molar refractivity (Wildman–Crippen MR) is 46.2 cm³/mol. The van der Waals surface area contributed by atoms with Crippen LogP contribution in [-0.2, 0) is 0 Å². The maximum atomic E-state index is 8.77. The fraction of sp³-hybridized carbons (Fsp3) is 0. The van der Waals surface area contributed by atoms with E-state index in [9.17, 15) is 0 Å². The monoisotopic (exact) mass is 178 g/mol. The summed E-state index contributed by atoms with van der Waals surface area (Å²) in [6.07, 6.45) is 4.54. The van der Waals surface area contributed by atoms with Gasteiger partial charge in [0.25, 0.3) is 0 Å². The summed E-state index contributed by atoms with van der Waals surface area (Å²) in [6, 6.07) is 3.31. The zero-order valence-corrected chi connectivity index (χ0v) is 6.68. The summed E-state index contributed by atoms with van der Waals surface area (Å²) in [4.78, 5) is 0. The Hall–Kier alpha value is -1.46. The molecule has 2 rings (SSSR count). The Balaban J connectivity index is 2.33. The molecule has 0 amide bonds. The quantitative estimate of drug-likeness (QED) is 0.645. The minimum atomic E-state index is -1.57. The fourth-order valence-corrected chi connectivity index (χ4v) is 1.07. The van der Waals surface area contributed by atoms with E-state index in [0.29, 0.717) is 0 Å². The highest BCUT2D eigenvalue weighted by Gasteiger charge is 2.16. The van der Waals surface area contributed by atoms with Crippen LogP contribution in [0.5, 0.6) is 0 Å². The summed E-state index contributed by atoms with van der Waals surface area (Å²) >= 11 is 0. The highest BCUT2D eigenvalue weighted by atomic mass is 16.4. The first-order valence-electron chi connectivity index (χ1n) is 3.74. The first-order chi connectivity index (χ1) is 6.27. The van der Waals surface area contributed by atoms with Crippen molar-refractivity contribution >= 4 is 12.8 Å².